The molecule has 4 N–H and O–H groups in total. The average molecular weight is 374 g/mol. The van der Waals surface area contributed by atoms with E-state index in [0.29, 0.717) is 19.0 Å². The van der Waals surface area contributed by atoms with Crippen LogP contribution in [0.3, 0.4) is 0 Å². The maximum absolute atomic E-state index is 11.3. The molecule has 0 saturated carbocycles. The van der Waals surface area contributed by atoms with Gasteiger partial charge in [0, 0.05) is 20.0 Å². The Balaban J connectivity index is 1.48. The molecule has 3 rings (SSSR count). The summed E-state index contributed by atoms with van der Waals surface area (Å²) >= 11 is 0. The normalized spacial score (nSPS) is 16.7. The fourth-order valence-electron chi connectivity index (χ4n) is 2.78. The number of guanidine groups is 1. The second kappa shape index (κ2) is 7.76. The number of rotatable bonds is 5. The smallest absolute Gasteiger partial charge is 0.238 e. The summed E-state index contributed by atoms with van der Waals surface area (Å²) in [5, 5.41) is 11.5. The maximum Gasteiger partial charge on any atom is 0.238 e. The number of benzene rings is 2. The molecular formula is C18H22N4O3S. The minimum atomic E-state index is -3.67. The predicted octanol–water partition coefficient (Wildman–Crippen LogP) is 1.00. The van der Waals surface area contributed by atoms with E-state index in [9.17, 15) is 8.42 Å². The largest absolute Gasteiger partial charge is 0.488 e. The van der Waals surface area contributed by atoms with Gasteiger partial charge in [0.05, 0.1) is 11.4 Å². The molecule has 0 radical (unpaired) electrons. The number of nitrogens with zero attached hydrogens (tertiary/aromatic N) is 1. The SMILES string of the molecule is CN=C(NCc1ccc(S(N)(=O)=O)cc1)NCC1Cc2ccccc2O1. The van der Waals surface area contributed by atoms with Crippen LogP contribution >= 0.6 is 0 Å². The van der Waals surface area contributed by atoms with Crippen molar-refractivity contribution < 1.29 is 13.2 Å². The predicted molar refractivity (Wildman–Crippen MR) is 101 cm³/mol. The van der Waals surface area contributed by atoms with Crippen molar-refractivity contribution in [2.24, 2.45) is 10.1 Å². The molecule has 1 heterocycles. The van der Waals surface area contributed by atoms with Crippen LogP contribution in [0.25, 0.3) is 0 Å². The number of ether oxygens (including phenoxy) is 1. The van der Waals surface area contributed by atoms with E-state index < -0.39 is 10.0 Å². The molecule has 0 aromatic heterocycles. The second-order valence-corrected chi connectivity index (χ2v) is 7.61. The van der Waals surface area contributed by atoms with E-state index in [-0.39, 0.29) is 11.0 Å². The van der Waals surface area contributed by atoms with Gasteiger partial charge in [-0.3, -0.25) is 4.99 Å². The number of hydrogen-bond donors (Lipinski definition) is 3. The highest BCUT2D eigenvalue weighted by molar-refractivity contribution is 7.89. The van der Waals surface area contributed by atoms with Gasteiger partial charge in [-0.25, -0.2) is 13.6 Å². The van der Waals surface area contributed by atoms with Crippen molar-refractivity contribution >= 4 is 16.0 Å². The summed E-state index contributed by atoms with van der Waals surface area (Å²) in [7, 11) is -1.97. The molecule has 1 unspecified atom stereocenters. The summed E-state index contributed by atoms with van der Waals surface area (Å²) in [6, 6.07) is 14.5. The van der Waals surface area contributed by atoms with Gasteiger partial charge >= 0.3 is 0 Å². The molecule has 2 aromatic rings. The third-order valence-corrected chi connectivity index (χ3v) is 5.08. The van der Waals surface area contributed by atoms with Crippen molar-refractivity contribution in [3.05, 3.63) is 59.7 Å². The highest BCUT2D eigenvalue weighted by Crippen LogP contribution is 2.27. The summed E-state index contributed by atoms with van der Waals surface area (Å²) in [6.45, 7) is 1.15. The topological polar surface area (TPSA) is 106 Å². The first-order chi connectivity index (χ1) is 12.5. The summed E-state index contributed by atoms with van der Waals surface area (Å²) < 4.78 is 28.4. The summed E-state index contributed by atoms with van der Waals surface area (Å²) in [6.07, 6.45) is 0.940. The molecule has 8 heteroatoms. The Labute approximate surface area is 153 Å². The number of hydrogen-bond acceptors (Lipinski definition) is 4. The molecule has 1 atom stereocenters. The summed E-state index contributed by atoms with van der Waals surface area (Å²) in [5.41, 5.74) is 2.14. The first kappa shape index (κ1) is 18.2. The summed E-state index contributed by atoms with van der Waals surface area (Å²) in [4.78, 5) is 4.29. The Hall–Kier alpha value is -2.58. The van der Waals surface area contributed by atoms with Crippen LogP contribution in [0.4, 0.5) is 0 Å². The van der Waals surface area contributed by atoms with Crippen LogP contribution in [0.1, 0.15) is 11.1 Å². The Morgan fingerprint density at radius 3 is 2.58 bits per heavy atom. The average Bonchev–Trinajstić information content (AvgIpc) is 3.04. The van der Waals surface area contributed by atoms with Gasteiger partial charge in [-0.15, -0.1) is 0 Å². The van der Waals surface area contributed by atoms with Gasteiger partial charge in [0.25, 0.3) is 0 Å². The van der Waals surface area contributed by atoms with E-state index in [1.807, 2.05) is 18.2 Å². The Kier molecular flexibility index (Phi) is 5.43. The van der Waals surface area contributed by atoms with Crippen molar-refractivity contribution in [3.63, 3.8) is 0 Å². The Morgan fingerprint density at radius 2 is 1.92 bits per heavy atom. The maximum atomic E-state index is 11.3. The zero-order chi connectivity index (χ0) is 18.6. The molecule has 26 heavy (non-hydrogen) atoms. The molecule has 1 aliphatic heterocycles. The van der Waals surface area contributed by atoms with Crippen LogP contribution in [0.2, 0.25) is 0 Å². The van der Waals surface area contributed by atoms with Crippen LogP contribution in [0.5, 0.6) is 5.75 Å². The van der Waals surface area contributed by atoms with Crippen molar-refractivity contribution in [3.8, 4) is 5.75 Å². The fraction of sp³-hybridized carbons (Fsp3) is 0.278. The minimum Gasteiger partial charge on any atom is -0.488 e. The molecule has 0 spiro atoms. The zero-order valence-electron chi connectivity index (χ0n) is 14.5. The molecule has 0 amide bonds. The molecule has 0 fully saturated rings. The Bertz CT molecular complexity index is 870. The number of sulfonamides is 1. The molecule has 2 aromatic carbocycles. The zero-order valence-corrected chi connectivity index (χ0v) is 15.3. The number of aliphatic imine (C=N–C) groups is 1. The first-order valence-corrected chi connectivity index (χ1v) is 9.81. The first-order valence-electron chi connectivity index (χ1n) is 8.26. The molecule has 138 valence electrons. The summed E-state index contributed by atoms with van der Waals surface area (Å²) in [5.74, 6) is 1.59. The van der Waals surface area contributed by atoms with E-state index in [2.05, 4.69) is 21.7 Å². The lowest BCUT2D eigenvalue weighted by Crippen LogP contribution is -2.41. The van der Waals surface area contributed by atoms with Gasteiger partial charge in [-0.1, -0.05) is 30.3 Å². The van der Waals surface area contributed by atoms with Crippen molar-refractivity contribution in [2.75, 3.05) is 13.6 Å². The third-order valence-electron chi connectivity index (χ3n) is 4.15. The van der Waals surface area contributed by atoms with Gasteiger partial charge < -0.3 is 15.4 Å². The number of para-hydroxylation sites is 1. The van der Waals surface area contributed by atoms with Gasteiger partial charge in [-0.2, -0.15) is 0 Å². The number of fused-ring (bicyclic) bond motifs is 1. The molecule has 0 bridgehead atoms. The van der Waals surface area contributed by atoms with Crippen LogP contribution in [-0.4, -0.2) is 34.1 Å². The van der Waals surface area contributed by atoms with Crippen LogP contribution in [0, 0.1) is 0 Å². The van der Waals surface area contributed by atoms with Gasteiger partial charge in [0.1, 0.15) is 11.9 Å². The molecule has 1 aliphatic rings. The van der Waals surface area contributed by atoms with Crippen molar-refractivity contribution in [1.82, 2.24) is 10.6 Å². The van der Waals surface area contributed by atoms with Crippen molar-refractivity contribution in [1.29, 1.82) is 0 Å². The fourth-order valence-corrected chi connectivity index (χ4v) is 3.30. The highest BCUT2D eigenvalue weighted by Gasteiger charge is 2.22. The van der Waals surface area contributed by atoms with Gasteiger partial charge in [0.15, 0.2) is 5.96 Å². The van der Waals surface area contributed by atoms with Crippen LogP contribution in [-0.2, 0) is 23.0 Å². The van der Waals surface area contributed by atoms with E-state index in [1.54, 1.807) is 19.2 Å². The quantitative estimate of drug-likeness (QED) is 0.535. The lowest BCUT2D eigenvalue weighted by molar-refractivity contribution is 0.235. The van der Waals surface area contributed by atoms with E-state index in [4.69, 9.17) is 9.88 Å². The van der Waals surface area contributed by atoms with Crippen molar-refractivity contribution in [2.45, 2.75) is 24.0 Å². The highest BCUT2D eigenvalue weighted by atomic mass is 32.2. The molecule has 0 saturated heterocycles. The van der Waals surface area contributed by atoms with Crippen LogP contribution in [0.15, 0.2) is 58.4 Å². The molecular weight excluding hydrogens is 352 g/mol. The molecule has 7 nitrogen and oxygen atoms in total. The van der Waals surface area contributed by atoms with Gasteiger partial charge in [0.2, 0.25) is 10.0 Å². The number of nitrogens with one attached hydrogen (secondary N) is 2. The Morgan fingerprint density at radius 1 is 1.19 bits per heavy atom. The third kappa shape index (κ3) is 4.53. The van der Waals surface area contributed by atoms with E-state index in [1.165, 1.54) is 17.7 Å². The van der Waals surface area contributed by atoms with E-state index in [0.717, 1.165) is 17.7 Å². The van der Waals surface area contributed by atoms with E-state index >= 15 is 0 Å². The van der Waals surface area contributed by atoms with Gasteiger partial charge in [-0.05, 0) is 29.3 Å². The monoisotopic (exact) mass is 374 g/mol. The molecule has 0 aliphatic carbocycles. The lowest BCUT2D eigenvalue weighted by Gasteiger charge is -2.15. The standard InChI is InChI=1S/C18H22N4O3S/c1-20-18(21-11-13-6-8-16(9-7-13)26(19,23)24)22-12-15-10-14-4-2-3-5-17(14)25-15/h2-9,15H,10-12H2,1H3,(H2,19,23,24)(H2,20,21,22). The number of nitrogens with two attached hydrogens (primary N) is 1. The lowest BCUT2D eigenvalue weighted by atomic mass is 10.1. The minimum absolute atomic E-state index is 0.0694. The second-order valence-electron chi connectivity index (χ2n) is 6.05. The number of primary sulfonamides is 1. The van der Waals surface area contributed by atoms with Crippen LogP contribution < -0.4 is 20.5 Å².